The van der Waals surface area contributed by atoms with Gasteiger partial charge in [-0.25, -0.2) is 0 Å². The number of benzene rings is 3. The summed E-state index contributed by atoms with van der Waals surface area (Å²) in [5.74, 6) is 0.142. The van der Waals surface area contributed by atoms with E-state index in [4.69, 9.17) is 0 Å². The Kier molecular flexibility index (Phi) is 4.52. The molecule has 1 amide bonds. The molecule has 0 aliphatic carbocycles. The monoisotopic (exact) mass is 319 g/mol. The Hall–Kier alpha value is -2.81. The zero-order valence-corrected chi connectivity index (χ0v) is 13.9. The van der Waals surface area contributed by atoms with Crippen molar-refractivity contribution in [2.45, 2.75) is 26.3 Å². The van der Waals surface area contributed by atoms with Crippen LogP contribution in [0.3, 0.4) is 0 Å². The molecule has 3 aromatic rings. The number of hydrogen-bond donors (Lipinski definition) is 2. The van der Waals surface area contributed by atoms with E-state index in [1.165, 1.54) is 0 Å². The zero-order chi connectivity index (χ0) is 17.1. The van der Waals surface area contributed by atoms with Crippen LogP contribution in [0.25, 0.3) is 10.8 Å². The number of hydrogen-bond acceptors (Lipinski definition) is 2. The van der Waals surface area contributed by atoms with E-state index in [1.54, 1.807) is 6.07 Å². The molecule has 122 valence electrons. The number of carbonyl (C=O) groups excluding carboxylic acids is 1. The predicted molar refractivity (Wildman–Crippen MR) is 97.1 cm³/mol. The average molecular weight is 319 g/mol. The minimum atomic E-state index is -0.385. The number of fused-ring (bicyclic) bond motifs is 1. The first-order valence-electron chi connectivity index (χ1n) is 8.16. The van der Waals surface area contributed by atoms with E-state index in [9.17, 15) is 9.90 Å². The zero-order valence-electron chi connectivity index (χ0n) is 13.9. The Balaban J connectivity index is 2.20. The van der Waals surface area contributed by atoms with Crippen LogP contribution in [0, 0.1) is 6.92 Å². The molecule has 24 heavy (non-hydrogen) atoms. The van der Waals surface area contributed by atoms with Gasteiger partial charge in [-0.3, -0.25) is 4.79 Å². The molecule has 0 radical (unpaired) electrons. The third-order valence-electron chi connectivity index (χ3n) is 4.27. The third kappa shape index (κ3) is 3.11. The van der Waals surface area contributed by atoms with Crippen LogP contribution < -0.4 is 5.32 Å². The molecule has 0 spiro atoms. The van der Waals surface area contributed by atoms with E-state index in [1.807, 2.05) is 68.4 Å². The van der Waals surface area contributed by atoms with Gasteiger partial charge in [-0.2, -0.15) is 0 Å². The topological polar surface area (TPSA) is 49.3 Å². The fraction of sp³-hybridized carbons (Fsp3) is 0.190. The highest BCUT2D eigenvalue weighted by Crippen LogP contribution is 2.35. The highest BCUT2D eigenvalue weighted by molar-refractivity contribution is 5.89. The van der Waals surface area contributed by atoms with Gasteiger partial charge in [0, 0.05) is 12.0 Å². The number of phenolic OH excluding ortho intramolecular Hbond substituents is 1. The summed E-state index contributed by atoms with van der Waals surface area (Å²) in [6.45, 7) is 3.85. The lowest BCUT2D eigenvalue weighted by atomic mass is 9.92. The van der Waals surface area contributed by atoms with Crippen LogP contribution in [0.1, 0.15) is 36.1 Å². The Morgan fingerprint density at radius 3 is 2.46 bits per heavy atom. The molecule has 0 aliphatic heterocycles. The number of aryl methyl sites for hydroxylation is 1. The molecule has 0 saturated carbocycles. The summed E-state index contributed by atoms with van der Waals surface area (Å²) < 4.78 is 0. The molecule has 0 saturated heterocycles. The predicted octanol–water partition coefficient (Wildman–Crippen LogP) is 4.47. The Bertz CT molecular complexity index is 869. The average Bonchev–Trinajstić information content (AvgIpc) is 2.61. The Morgan fingerprint density at radius 2 is 1.75 bits per heavy atom. The summed E-state index contributed by atoms with van der Waals surface area (Å²) in [6.07, 6.45) is 0.397. The van der Waals surface area contributed by atoms with Crippen LogP contribution >= 0.6 is 0 Å². The molecule has 3 nitrogen and oxygen atoms in total. The van der Waals surface area contributed by atoms with Gasteiger partial charge in [0.15, 0.2) is 0 Å². The van der Waals surface area contributed by atoms with Gasteiger partial charge in [-0.05, 0) is 29.3 Å². The quantitative estimate of drug-likeness (QED) is 0.745. The van der Waals surface area contributed by atoms with Crippen molar-refractivity contribution >= 4 is 16.7 Å². The molecule has 3 aromatic carbocycles. The molecule has 3 heteroatoms. The van der Waals surface area contributed by atoms with Crippen LogP contribution in [0.4, 0.5) is 0 Å². The van der Waals surface area contributed by atoms with Gasteiger partial charge in [0.1, 0.15) is 5.75 Å². The van der Waals surface area contributed by atoms with Gasteiger partial charge in [0.25, 0.3) is 0 Å². The first-order chi connectivity index (χ1) is 11.6. The van der Waals surface area contributed by atoms with E-state index in [-0.39, 0.29) is 17.7 Å². The minimum absolute atomic E-state index is 0.0482. The van der Waals surface area contributed by atoms with Crippen molar-refractivity contribution in [2.75, 3.05) is 0 Å². The van der Waals surface area contributed by atoms with Crippen molar-refractivity contribution in [2.24, 2.45) is 0 Å². The van der Waals surface area contributed by atoms with Crippen molar-refractivity contribution in [1.29, 1.82) is 0 Å². The lowest BCUT2D eigenvalue weighted by molar-refractivity contribution is -0.121. The molecule has 0 fully saturated rings. The number of phenols is 1. The lowest BCUT2D eigenvalue weighted by Crippen LogP contribution is -2.28. The van der Waals surface area contributed by atoms with E-state index >= 15 is 0 Å². The molecule has 0 bridgehead atoms. The minimum Gasteiger partial charge on any atom is -0.508 e. The van der Waals surface area contributed by atoms with E-state index in [0.29, 0.717) is 6.42 Å². The summed E-state index contributed by atoms with van der Waals surface area (Å²) in [5, 5.41) is 15.6. The first-order valence-corrected chi connectivity index (χ1v) is 8.16. The maximum atomic E-state index is 12.1. The number of amides is 1. The second-order valence-electron chi connectivity index (χ2n) is 5.98. The SMILES string of the molecule is CCC(=O)NC(c1ccc(C)cc1)c1c(O)ccc2ccccc12. The normalized spacial score (nSPS) is 12.1. The van der Waals surface area contributed by atoms with Crippen LogP contribution in [-0.4, -0.2) is 11.0 Å². The maximum absolute atomic E-state index is 12.1. The fourth-order valence-electron chi connectivity index (χ4n) is 2.93. The molecule has 0 aliphatic rings. The molecule has 0 heterocycles. The van der Waals surface area contributed by atoms with Gasteiger partial charge in [0.2, 0.25) is 5.91 Å². The summed E-state index contributed by atoms with van der Waals surface area (Å²) >= 11 is 0. The maximum Gasteiger partial charge on any atom is 0.220 e. The van der Waals surface area contributed by atoms with E-state index in [2.05, 4.69) is 5.32 Å². The molecule has 2 N–H and O–H groups in total. The number of carbonyl (C=O) groups is 1. The summed E-state index contributed by atoms with van der Waals surface area (Å²) in [7, 11) is 0. The first kappa shape index (κ1) is 16.1. The van der Waals surface area contributed by atoms with E-state index in [0.717, 1.165) is 27.5 Å². The Morgan fingerprint density at radius 1 is 1.04 bits per heavy atom. The van der Waals surface area contributed by atoms with Gasteiger partial charge in [0.05, 0.1) is 6.04 Å². The van der Waals surface area contributed by atoms with Crippen LogP contribution in [0.15, 0.2) is 60.7 Å². The van der Waals surface area contributed by atoms with Crippen LogP contribution in [0.5, 0.6) is 5.75 Å². The molecular formula is C21H21NO2. The van der Waals surface area contributed by atoms with Crippen molar-refractivity contribution in [1.82, 2.24) is 5.32 Å². The van der Waals surface area contributed by atoms with Gasteiger partial charge < -0.3 is 10.4 Å². The molecule has 1 atom stereocenters. The van der Waals surface area contributed by atoms with E-state index < -0.39 is 0 Å². The highest BCUT2D eigenvalue weighted by atomic mass is 16.3. The smallest absolute Gasteiger partial charge is 0.220 e. The molecular weight excluding hydrogens is 298 g/mol. The number of aromatic hydroxyl groups is 1. The second-order valence-corrected chi connectivity index (χ2v) is 5.98. The third-order valence-corrected chi connectivity index (χ3v) is 4.27. The van der Waals surface area contributed by atoms with Crippen LogP contribution in [-0.2, 0) is 4.79 Å². The van der Waals surface area contributed by atoms with Gasteiger partial charge >= 0.3 is 0 Å². The second kappa shape index (κ2) is 6.75. The lowest BCUT2D eigenvalue weighted by Gasteiger charge is -2.22. The standard InChI is InChI=1S/C21H21NO2/c1-3-19(24)22-21(16-10-8-14(2)9-11-16)20-17-7-5-4-6-15(17)12-13-18(20)23/h4-13,21,23H,3H2,1-2H3,(H,22,24). The largest absolute Gasteiger partial charge is 0.508 e. The number of rotatable bonds is 4. The van der Waals surface area contributed by atoms with Crippen molar-refractivity contribution < 1.29 is 9.90 Å². The van der Waals surface area contributed by atoms with Crippen molar-refractivity contribution in [3.8, 4) is 5.75 Å². The molecule has 1 unspecified atom stereocenters. The van der Waals surface area contributed by atoms with Gasteiger partial charge in [-0.1, -0.05) is 67.1 Å². The van der Waals surface area contributed by atoms with Crippen molar-refractivity contribution in [3.63, 3.8) is 0 Å². The van der Waals surface area contributed by atoms with Crippen molar-refractivity contribution in [3.05, 3.63) is 77.4 Å². The number of nitrogens with one attached hydrogen (secondary N) is 1. The molecule has 3 rings (SSSR count). The van der Waals surface area contributed by atoms with Gasteiger partial charge in [-0.15, -0.1) is 0 Å². The Labute approximate surface area is 142 Å². The highest BCUT2D eigenvalue weighted by Gasteiger charge is 2.21. The summed E-state index contributed by atoms with van der Waals surface area (Å²) in [6, 6.07) is 19.1. The summed E-state index contributed by atoms with van der Waals surface area (Å²) in [4.78, 5) is 12.1. The summed E-state index contributed by atoms with van der Waals surface area (Å²) in [5.41, 5.74) is 2.84. The van der Waals surface area contributed by atoms with Crippen LogP contribution in [0.2, 0.25) is 0 Å². The fourth-order valence-corrected chi connectivity index (χ4v) is 2.93. The molecule has 0 aromatic heterocycles.